The van der Waals surface area contributed by atoms with Crippen molar-refractivity contribution in [2.45, 2.75) is 13.8 Å². The highest BCUT2D eigenvalue weighted by atomic mass is 16.5. The summed E-state index contributed by atoms with van der Waals surface area (Å²) in [5, 5.41) is 11.3. The lowest BCUT2D eigenvalue weighted by molar-refractivity contribution is 0.102. The first-order chi connectivity index (χ1) is 10.1. The molecule has 0 atom stereocenters. The van der Waals surface area contributed by atoms with Crippen molar-refractivity contribution in [3.8, 4) is 11.8 Å². The predicted molar refractivity (Wildman–Crippen MR) is 81.4 cm³/mol. The van der Waals surface area contributed by atoms with E-state index in [1.54, 1.807) is 30.3 Å². The Balaban J connectivity index is 2.12. The topological polar surface area (TPSA) is 62.1 Å². The number of hydrogen-bond acceptors (Lipinski definition) is 3. The number of ether oxygens (including phenoxy) is 1. The summed E-state index contributed by atoms with van der Waals surface area (Å²) in [4.78, 5) is 12.2. The Morgan fingerprint density at radius 2 is 2.00 bits per heavy atom. The van der Waals surface area contributed by atoms with Crippen molar-refractivity contribution in [2.75, 3.05) is 11.9 Å². The van der Waals surface area contributed by atoms with E-state index in [2.05, 4.69) is 5.32 Å². The molecule has 1 amide bonds. The molecule has 0 aliphatic rings. The van der Waals surface area contributed by atoms with Crippen LogP contribution in [0.2, 0.25) is 0 Å². The fourth-order valence-electron chi connectivity index (χ4n) is 1.87. The second-order valence-corrected chi connectivity index (χ2v) is 4.73. The Hall–Kier alpha value is -2.80. The summed E-state index contributed by atoms with van der Waals surface area (Å²) in [5.41, 5.74) is 3.47. The molecular formula is C17H16N2O2. The number of amides is 1. The Morgan fingerprint density at radius 1 is 1.19 bits per heavy atom. The van der Waals surface area contributed by atoms with Gasteiger partial charge in [0.05, 0.1) is 0 Å². The Kier molecular flexibility index (Phi) is 4.57. The van der Waals surface area contributed by atoms with E-state index in [-0.39, 0.29) is 12.5 Å². The van der Waals surface area contributed by atoms with Crippen molar-refractivity contribution in [1.82, 2.24) is 0 Å². The van der Waals surface area contributed by atoms with E-state index in [9.17, 15) is 4.79 Å². The van der Waals surface area contributed by atoms with E-state index < -0.39 is 0 Å². The van der Waals surface area contributed by atoms with Crippen LogP contribution in [0.25, 0.3) is 0 Å². The molecule has 0 radical (unpaired) electrons. The fourth-order valence-corrected chi connectivity index (χ4v) is 1.87. The van der Waals surface area contributed by atoms with Crippen molar-refractivity contribution in [2.24, 2.45) is 0 Å². The zero-order valence-electron chi connectivity index (χ0n) is 12.0. The zero-order valence-corrected chi connectivity index (χ0v) is 12.0. The highest BCUT2D eigenvalue weighted by Gasteiger charge is 2.07. The Morgan fingerprint density at radius 3 is 2.71 bits per heavy atom. The van der Waals surface area contributed by atoms with Gasteiger partial charge in [-0.3, -0.25) is 4.79 Å². The molecule has 0 bridgehead atoms. The largest absolute Gasteiger partial charge is 0.479 e. The zero-order chi connectivity index (χ0) is 15.2. The second kappa shape index (κ2) is 6.58. The monoisotopic (exact) mass is 280 g/mol. The molecular weight excluding hydrogens is 264 g/mol. The number of hydrogen-bond donors (Lipinski definition) is 1. The molecule has 1 N–H and O–H groups in total. The van der Waals surface area contributed by atoms with Gasteiger partial charge in [0.1, 0.15) is 11.8 Å². The number of aryl methyl sites for hydroxylation is 2. The predicted octanol–water partition coefficient (Wildman–Crippen LogP) is 3.46. The highest BCUT2D eigenvalue weighted by Crippen LogP contribution is 2.18. The van der Waals surface area contributed by atoms with E-state index in [0.29, 0.717) is 17.0 Å². The first-order valence-electron chi connectivity index (χ1n) is 6.58. The lowest BCUT2D eigenvalue weighted by atomic mass is 10.1. The molecule has 2 aromatic rings. The lowest BCUT2D eigenvalue weighted by Gasteiger charge is -2.09. The van der Waals surface area contributed by atoms with Gasteiger partial charge in [-0.15, -0.1) is 0 Å². The molecule has 0 spiro atoms. The number of benzene rings is 2. The summed E-state index contributed by atoms with van der Waals surface area (Å²) < 4.78 is 5.21. The number of anilines is 1. The van der Waals surface area contributed by atoms with E-state index in [4.69, 9.17) is 10.00 Å². The Labute approximate surface area is 124 Å². The standard InChI is InChI=1S/C17H16N2O2/c1-12-6-7-14(10-13(12)2)17(20)19-15-4-3-5-16(11-15)21-9-8-18/h3-7,10-11H,9H2,1-2H3,(H,19,20). The van der Waals surface area contributed by atoms with Gasteiger partial charge in [-0.05, 0) is 49.2 Å². The molecule has 21 heavy (non-hydrogen) atoms. The maximum absolute atomic E-state index is 12.2. The summed E-state index contributed by atoms with van der Waals surface area (Å²) in [6.07, 6.45) is 0. The van der Waals surface area contributed by atoms with Crippen LogP contribution >= 0.6 is 0 Å². The quantitative estimate of drug-likeness (QED) is 0.932. The van der Waals surface area contributed by atoms with Crippen LogP contribution in [0.5, 0.6) is 5.75 Å². The number of carbonyl (C=O) groups is 1. The van der Waals surface area contributed by atoms with E-state index in [0.717, 1.165) is 11.1 Å². The molecule has 0 fully saturated rings. The minimum atomic E-state index is -0.171. The summed E-state index contributed by atoms with van der Waals surface area (Å²) in [6, 6.07) is 14.5. The maximum atomic E-state index is 12.2. The SMILES string of the molecule is Cc1ccc(C(=O)Nc2cccc(OCC#N)c2)cc1C. The summed E-state index contributed by atoms with van der Waals surface area (Å²) in [6.45, 7) is 3.96. The van der Waals surface area contributed by atoms with E-state index in [1.165, 1.54) is 0 Å². The molecule has 2 aromatic carbocycles. The smallest absolute Gasteiger partial charge is 0.255 e. The van der Waals surface area contributed by atoms with Crippen LogP contribution < -0.4 is 10.1 Å². The summed E-state index contributed by atoms with van der Waals surface area (Å²) in [5.74, 6) is 0.380. The third-order valence-corrected chi connectivity index (χ3v) is 3.16. The molecule has 0 heterocycles. The second-order valence-electron chi connectivity index (χ2n) is 4.73. The van der Waals surface area contributed by atoms with Crippen molar-refractivity contribution >= 4 is 11.6 Å². The van der Waals surface area contributed by atoms with Crippen molar-refractivity contribution in [3.63, 3.8) is 0 Å². The number of nitriles is 1. The molecule has 106 valence electrons. The van der Waals surface area contributed by atoms with Crippen LogP contribution in [0.15, 0.2) is 42.5 Å². The highest BCUT2D eigenvalue weighted by molar-refractivity contribution is 6.04. The van der Waals surface area contributed by atoms with Gasteiger partial charge < -0.3 is 10.1 Å². The fraction of sp³-hybridized carbons (Fsp3) is 0.176. The van der Waals surface area contributed by atoms with Gasteiger partial charge >= 0.3 is 0 Å². The van der Waals surface area contributed by atoms with Crippen LogP contribution in [0.1, 0.15) is 21.5 Å². The molecule has 2 rings (SSSR count). The third-order valence-electron chi connectivity index (χ3n) is 3.16. The molecule has 0 aliphatic carbocycles. The number of carbonyl (C=O) groups excluding carboxylic acids is 1. The first-order valence-corrected chi connectivity index (χ1v) is 6.58. The molecule has 4 nitrogen and oxygen atoms in total. The molecule has 0 aromatic heterocycles. The average molecular weight is 280 g/mol. The van der Waals surface area contributed by atoms with Crippen LogP contribution in [0.3, 0.4) is 0 Å². The van der Waals surface area contributed by atoms with Crippen molar-refractivity contribution in [1.29, 1.82) is 5.26 Å². The number of rotatable bonds is 4. The molecule has 0 unspecified atom stereocenters. The van der Waals surface area contributed by atoms with Crippen LogP contribution in [-0.2, 0) is 0 Å². The Bertz CT molecular complexity index is 702. The van der Waals surface area contributed by atoms with Gasteiger partial charge in [0.25, 0.3) is 5.91 Å². The van der Waals surface area contributed by atoms with Crippen LogP contribution in [0, 0.1) is 25.2 Å². The molecule has 0 saturated carbocycles. The average Bonchev–Trinajstić information content (AvgIpc) is 2.48. The van der Waals surface area contributed by atoms with Gasteiger partial charge in [0.2, 0.25) is 0 Å². The van der Waals surface area contributed by atoms with E-state index in [1.807, 2.05) is 32.0 Å². The number of nitrogens with zero attached hydrogens (tertiary/aromatic N) is 1. The maximum Gasteiger partial charge on any atom is 0.255 e. The molecule has 0 saturated heterocycles. The molecule has 0 aliphatic heterocycles. The minimum Gasteiger partial charge on any atom is -0.479 e. The van der Waals surface area contributed by atoms with Crippen LogP contribution in [-0.4, -0.2) is 12.5 Å². The van der Waals surface area contributed by atoms with Gasteiger partial charge in [-0.1, -0.05) is 12.1 Å². The first kappa shape index (κ1) is 14.6. The van der Waals surface area contributed by atoms with Gasteiger partial charge in [-0.25, -0.2) is 0 Å². The normalized spacial score (nSPS) is 9.76. The van der Waals surface area contributed by atoms with Crippen molar-refractivity contribution in [3.05, 3.63) is 59.2 Å². The third kappa shape index (κ3) is 3.83. The van der Waals surface area contributed by atoms with Crippen LogP contribution in [0.4, 0.5) is 5.69 Å². The van der Waals surface area contributed by atoms with Crippen molar-refractivity contribution < 1.29 is 9.53 Å². The van der Waals surface area contributed by atoms with Gasteiger partial charge in [0, 0.05) is 17.3 Å². The minimum absolute atomic E-state index is 0.0193. The summed E-state index contributed by atoms with van der Waals surface area (Å²) >= 11 is 0. The van der Waals surface area contributed by atoms with Gasteiger partial charge in [0.15, 0.2) is 6.61 Å². The lowest BCUT2D eigenvalue weighted by Crippen LogP contribution is -2.12. The van der Waals surface area contributed by atoms with E-state index >= 15 is 0 Å². The number of nitrogens with one attached hydrogen (secondary N) is 1. The van der Waals surface area contributed by atoms with Gasteiger partial charge in [-0.2, -0.15) is 5.26 Å². The molecule has 4 heteroatoms. The summed E-state index contributed by atoms with van der Waals surface area (Å²) in [7, 11) is 0.